The molecule has 0 aromatic heterocycles. The fourth-order valence-corrected chi connectivity index (χ4v) is 2.50. The molecule has 0 fully saturated rings. The third-order valence-corrected chi connectivity index (χ3v) is 3.71. The fourth-order valence-electron chi connectivity index (χ4n) is 2.50. The molecule has 112 valence electrons. The van der Waals surface area contributed by atoms with E-state index >= 15 is 0 Å². The van der Waals surface area contributed by atoms with Crippen molar-refractivity contribution >= 4 is 0 Å². The van der Waals surface area contributed by atoms with Crippen molar-refractivity contribution in [2.75, 3.05) is 6.54 Å². The maximum atomic E-state index is 13.8. The smallest absolute Gasteiger partial charge is 0.126 e. The molecule has 0 aliphatic carbocycles. The molecule has 0 bridgehead atoms. The van der Waals surface area contributed by atoms with Gasteiger partial charge < -0.3 is 5.32 Å². The van der Waals surface area contributed by atoms with Crippen LogP contribution in [0.1, 0.15) is 30.0 Å². The minimum Gasteiger partial charge on any atom is -0.313 e. The molecule has 0 spiro atoms. The van der Waals surface area contributed by atoms with Crippen molar-refractivity contribution in [2.45, 2.75) is 39.2 Å². The van der Waals surface area contributed by atoms with Gasteiger partial charge >= 0.3 is 0 Å². The van der Waals surface area contributed by atoms with Gasteiger partial charge in [-0.25, -0.2) is 4.39 Å². The van der Waals surface area contributed by atoms with Gasteiger partial charge in [-0.15, -0.1) is 0 Å². The van der Waals surface area contributed by atoms with Crippen LogP contribution >= 0.6 is 0 Å². The van der Waals surface area contributed by atoms with Gasteiger partial charge in [0.15, 0.2) is 0 Å². The van der Waals surface area contributed by atoms with Crippen molar-refractivity contribution in [2.24, 2.45) is 0 Å². The SMILES string of the molecule is CCCNC(Cc1ccc(C)cc1)Cc1ccccc1F. The minimum atomic E-state index is -0.107. The van der Waals surface area contributed by atoms with E-state index in [-0.39, 0.29) is 11.9 Å². The van der Waals surface area contributed by atoms with E-state index in [1.807, 2.05) is 12.1 Å². The van der Waals surface area contributed by atoms with E-state index in [9.17, 15) is 4.39 Å². The molecule has 0 aliphatic heterocycles. The van der Waals surface area contributed by atoms with Gasteiger partial charge in [-0.1, -0.05) is 55.0 Å². The summed E-state index contributed by atoms with van der Waals surface area (Å²) in [5.74, 6) is -0.107. The van der Waals surface area contributed by atoms with E-state index < -0.39 is 0 Å². The average molecular weight is 285 g/mol. The molecular weight excluding hydrogens is 261 g/mol. The Kier molecular flexibility index (Phi) is 5.94. The highest BCUT2D eigenvalue weighted by atomic mass is 19.1. The molecule has 0 aliphatic rings. The molecule has 0 radical (unpaired) electrons. The Labute approximate surface area is 127 Å². The zero-order chi connectivity index (χ0) is 15.1. The predicted octanol–water partition coefficient (Wildman–Crippen LogP) is 4.29. The predicted molar refractivity (Wildman–Crippen MR) is 87.1 cm³/mol. The number of hydrogen-bond acceptors (Lipinski definition) is 1. The molecule has 2 rings (SSSR count). The highest BCUT2D eigenvalue weighted by Crippen LogP contribution is 2.13. The van der Waals surface area contributed by atoms with Gasteiger partial charge in [-0.2, -0.15) is 0 Å². The first-order chi connectivity index (χ1) is 10.2. The first kappa shape index (κ1) is 15.7. The lowest BCUT2D eigenvalue weighted by Gasteiger charge is -2.19. The Bertz CT molecular complexity index is 548. The summed E-state index contributed by atoms with van der Waals surface area (Å²) >= 11 is 0. The maximum Gasteiger partial charge on any atom is 0.126 e. The molecular formula is C19H24FN. The van der Waals surface area contributed by atoms with E-state index in [1.54, 1.807) is 6.07 Å². The average Bonchev–Trinajstić information content (AvgIpc) is 2.49. The third-order valence-electron chi connectivity index (χ3n) is 3.71. The normalized spacial score (nSPS) is 12.3. The summed E-state index contributed by atoms with van der Waals surface area (Å²) in [6.07, 6.45) is 2.73. The summed E-state index contributed by atoms with van der Waals surface area (Å²) < 4.78 is 13.8. The van der Waals surface area contributed by atoms with Crippen LogP contribution in [0.3, 0.4) is 0 Å². The molecule has 21 heavy (non-hydrogen) atoms. The number of benzene rings is 2. The molecule has 1 N–H and O–H groups in total. The first-order valence-corrected chi connectivity index (χ1v) is 7.71. The Balaban J connectivity index is 2.07. The van der Waals surface area contributed by atoms with E-state index in [2.05, 4.69) is 43.4 Å². The molecule has 0 saturated carbocycles. The van der Waals surface area contributed by atoms with E-state index in [4.69, 9.17) is 0 Å². The maximum absolute atomic E-state index is 13.8. The molecule has 2 aromatic rings. The summed E-state index contributed by atoms with van der Waals surface area (Å²) in [5, 5.41) is 3.54. The monoisotopic (exact) mass is 285 g/mol. The van der Waals surface area contributed by atoms with Gasteiger partial charge in [0, 0.05) is 6.04 Å². The summed E-state index contributed by atoms with van der Waals surface area (Å²) in [6, 6.07) is 15.9. The van der Waals surface area contributed by atoms with Crippen molar-refractivity contribution in [3.05, 3.63) is 71.0 Å². The number of hydrogen-bond donors (Lipinski definition) is 1. The summed E-state index contributed by atoms with van der Waals surface area (Å²) in [6.45, 7) is 5.21. The quantitative estimate of drug-likeness (QED) is 0.800. The standard InChI is InChI=1S/C19H24FN/c1-3-12-21-18(13-16-10-8-15(2)9-11-16)14-17-6-4-5-7-19(17)20/h4-11,18,21H,3,12-14H2,1-2H3. The van der Waals surface area contributed by atoms with E-state index in [1.165, 1.54) is 17.2 Å². The highest BCUT2D eigenvalue weighted by molar-refractivity contribution is 5.23. The van der Waals surface area contributed by atoms with Crippen LogP contribution in [-0.4, -0.2) is 12.6 Å². The van der Waals surface area contributed by atoms with Gasteiger partial charge in [-0.3, -0.25) is 0 Å². The summed E-state index contributed by atoms with van der Waals surface area (Å²) in [4.78, 5) is 0. The Morgan fingerprint density at radius 2 is 1.71 bits per heavy atom. The van der Waals surface area contributed by atoms with Gasteiger partial charge in [-0.05, 0) is 49.9 Å². The summed E-state index contributed by atoms with van der Waals surface area (Å²) in [7, 11) is 0. The van der Waals surface area contributed by atoms with Gasteiger partial charge in [0.05, 0.1) is 0 Å². The van der Waals surface area contributed by atoms with Crippen molar-refractivity contribution in [1.82, 2.24) is 5.32 Å². The molecule has 1 nitrogen and oxygen atoms in total. The topological polar surface area (TPSA) is 12.0 Å². The second kappa shape index (κ2) is 7.94. The second-order valence-electron chi connectivity index (χ2n) is 5.64. The highest BCUT2D eigenvalue weighted by Gasteiger charge is 2.12. The molecule has 2 heteroatoms. The van der Waals surface area contributed by atoms with E-state index in [0.717, 1.165) is 31.4 Å². The number of nitrogens with one attached hydrogen (secondary N) is 1. The third kappa shape index (κ3) is 4.98. The minimum absolute atomic E-state index is 0.107. The number of aryl methyl sites for hydroxylation is 1. The molecule has 1 unspecified atom stereocenters. The molecule has 0 amide bonds. The Hall–Kier alpha value is -1.67. The van der Waals surface area contributed by atoms with Crippen molar-refractivity contribution in [1.29, 1.82) is 0 Å². The van der Waals surface area contributed by atoms with Crippen LogP contribution in [-0.2, 0) is 12.8 Å². The Morgan fingerprint density at radius 3 is 2.38 bits per heavy atom. The molecule has 1 atom stereocenters. The largest absolute Gasteiger partial charge is 0.313 e. The zero-order valence-corrected chi connectivity index (χ0v) is 12.9. The van der Waals surface area contributed by atoms with Crippen LogP contribution in [0, 0.1) is 12.7 Å². The fraction of sp³-hybridized carbons (Fsp3) is 0.368. The molecule has 0 saturated heterocycles. The second-order valence-corrected chi connectivity index (χ2v) is 5.64. The van der Waals surface area contributed by atoms with Crippen LogP contribution in [0.15, 0.2) is 48.5 Å². The Morgan fingerprint density at radius 1 is 1.00 bits per heavy atom. The lowest BCUT2D eigenvalue weighted by molar-refractivity contribution is 0.492. The van der Waals surface area contributed by atoms with Crippen molar-refractivity contribution < 1.29 is 4.39 Å². The van der Waals surface area contributed by atoms with E-state index in [0.29, 0.717) is 0 Å². The van der Waals surface area contributed by atoms with Crippen LogP contribution in [0.5, 0.6) is 0 Å². The summed E-state index contributed by atoms with van der Waals surface area (Å²) in [5.41, 5.74) is 3.36. The lowest BCUT2D eigenvalue weighted by Crippen LogP contribution is -2.34. The van der Waals surface area contributed by atoms with Crippen molar-refractivity contribution in [3.63, 3.8) is 0 Å². The van der Waals surface area contributed by atoms with Gasteiger partial charge in [0.25, 0.3) is 0 Å². The molecule has 0 heterocycles. The van der Waals surface area contributed by atoms with Crippen LogP contribution in [0.4, 0.5) is 4.39 Å². The van der Waals surface area contributed by atoms with Gasteiger partial charge in [0.1, 0.15) is 5.82 Å². The lowest BCUT2D eigenvalue weighted by atomic mass is 9.98. The van der Waals surface area contributed by atoms with Crippen molar-refractivity contribution in [3.8, 4) is 0 Å². The molecule has 2 aromatic carbocycles. The number of halogens is 1. The number of rotatable bonds is 7. The van der Waals surface area contributed by atoms with Crippen LogP contribution in [0.2, 0.25) is 0 Å². The van der Waals surface area contributed by atoms with Crippen LogP contribution in [0.25, 0.3) is 0 Å². The zero-order valence-electron chi connectivity index (χ0n) is 12.9. The van der Waals surface area contributed by atoms with Gasteiger partial charge in [0.2, 0.25) is 0 Å². The van der Waals surface area contributed by atoms with Crippen LogP contribution < -0.4 is 5.32 Å². The first-order valence-electron chi connectivity index (χ1n) is 7.71.